The first-order chi connectivity index (χ1) is 8.83. The molecule has 0 aliphatic heterocycles. The van der Waals surface area contributed by atoms with Crippen molar-refractivity contribution in [3.63, 3.8) is 0 Å². The highest BCUT2D eigenvalue weighted by Crippen LogP contribution is 2.09. The van der Waals surface area contributed by atoms with Crippen molar-refractivity contribution in [1.82, 2.24) is 0 Å². The molecule has 0 radical (unpaired) electrons. The molecule has 0 amide bonds. The van der Waals surface area contributed by atoms with E-state index in [9.17, 15) is 0 Å². The van der Waals surface area contributed by atoms with Crippen LogP contribution >= 0.6 is 0 Å². The van der Waals surface area contributed by atoms with Gasteiger partial charge in [-0.15, -0.1) is 0 Å². The van der Waals surface area contributed by atoms with Gasteiger partial charge in [0, 0.05) is 0 Å². The zero-order chi connectivity index (χ0) is 16.4. The van der Waals surface area contributed by atoms with Crippen molar-refractivity contribution in [2.75, 3.05) is 6.54 Å². The van der Waals surface area contributed by atoms with Gasteiger partial charge in [-0.2, -0.15) is 16.8 Å². The molecule has 0 aliphatic carbocycles. The minimum Gasteiger partial charge on any atom is -0.508 e. The van der Waals surface area contributed by atoms with Gasteiger partial charge in [0.1, 0.15) is 5.75 Å². The summed E-state index contributed by atoms with van der Waals surface area (Å²) < 4.78 is 63.2. The van der Waals surface area contributed by atoms with E-state index in [2.05, 4.69) is 0 Å². The largest absolute Gasteiger partial charge is 0.508 e. The molecule has 12 heteroatoms. The molecule has 0 atom stereocenters. The number of phenols is 1. The first-order valence-electron chi connectivity index (χ1n) is 4.70. The van der Waals surface area contributed by atoms with Gasteiger partial charge in [0.2, 0.25) is 0 Å². The van der Waals surface area contributed by atoms with E-state index in [-0.39, 0.29) is 0 Å². The van der Waals surface area contributed by atoms with Gasteiger partial charge in [0.25, 0.3) is 0 Å². The van der Waals surface area contributed by atoms with Gasteiger partial charge >= 0.3 is 20.8 Å². The van der Waals surface area contributed by atoms with E-state index in [4.69, 9.17) is 45.9 Å². The average Bonchev–Trinajstić information content (AvgIpc) is 2.17. The minimum atomic E-state index is -4.67. The average molecular weight is 333 g/mol. The number of hydrogen-bond acceptors (Lipinski definition) is 6. The lowest BCUT2D eigenvalue weighted by Crippen LogP contribution is -2.01. The van der Waals surface area contributed by atoms with Crippen molar-refractivity contribution in [1.29, 1.82) is 0 Å². The zero-order valence-corrected chi connectivity index (χ0v) is 11.6. The molecule has 0 unspecified atom stereocenters. The maximum absolute atomic E-state index is 8.89. The Labute approximate surface area is 116 Å². The Hall–Kier alpha value is -1.28. The maximum atomic E-state index is 8.89. The zero-order valence-electron chi connectivity index (χ0n) is 9.99. The summed E-state index contributed by atoms with van der Waals surface area (Å²) >= 11 is 0. The Morgan fingerprint density at radius 3 is 1.40 bits per heavy atom. The molecule has 0 spiro atoms. The Morgan fingerprint density at radius 2 is 1.15 bits per heavy atom. The summed E-state index contributed by atoms with van der Waals surface area (Å²) in [6.07, 6.45) is 0.875. The van der Waals surface area contributed by atoms with Crippen LogP contribution in [0.5, 0.6) is 5.75 Å². The molecule has 7 N–H and O–H groups in total. The van der Waals surface area contributed by atoms with Gasteiger partial charge in [-0.3, -0.25) is 18.2 Å². The predicted molar refractivity (Wildman–Crippen MR) is 69.2 cm³/mol. The van der Waals surface area contributed by atoms with Gasteiger partial charge in [0.05, 0.1) is 0 Å². The highest BCUT2D eigenvalue weighted by atomic mass is 32.3. The van der Waals surface area contributed by atoms with E-state index in [1.165, 1.54) is 5.56 Å². The van der Waals surface area contributed by atoms with Crippen molar-refractivity contribution in [3.8, 4) is 5.75 Å². The van der Waals surface area contributed by atoms with Crippen LogP contribution in [0.15, 0.2) is 24.3 Å². The summed E-state index contributed by atoms with van der Waals surface area (Å²) in [5.74, 6) is 0.306. The normalized spacial score (nSPS) is 10.7. The van der Waals surface area contributed by atoms with Crippen molar-refractivity contribution in [2.45, 2.75) is 6.42 Å². The van der Waals surface area contributed by atoms with Crippen molar-refractivity contribution < 1.29 is 40.2 Å². The van der Waals surface area contributed by atoms with E-state index in [1.807, 2.05) is 12.1 Å². The molecule has 0 saturated heterocycles. The van der Waals surface area contributed by atoms with Gasteiger partial charge in [-0.1, -0.05) is 12.1 Å². The third kappa shape index (κ3) is 30.1. The first kappa shape index (κ1) is 21.0. The molecule has 1 aromatic carbocycles. The van der Waals surface area contributed by atoms with Crippen LogP contribution in [0.3, 0.4) is 0 Å². The lowest BCUT2D eigenvalue weighted by Gasteiger charge is -1.96. The summed E-state index contributed by atoms with van der Waals surface area (Å²) in [6.45, 7) is 0.658. The number of benzene rings is 1. The van der Waals surface area contributed by atoms with Crippen LogP contribution in [-0.4, -0.2) is 46.7 Å². The second kappa shape index (κ2) is 9.60. The predicted octanol–water partition coefficient (Wildman–Crippen LogP) is -0.412. The molecule has 1 rings (SSSR count). The molecule has 0 saturated carbocycles. The smallest absolute Gasteiger partial charge is 0.394 e. The maximum Gasteiger partial charge on any atom is 0.394 e. The summed E-state index contributed by atoms with van der Waals surface area (Å²) in [5, 5.41) is 8.89. The second-order valence-electron chi connectivity index (χ2n) is 3.10. The summed E-state index contributed by atoms with van der Waals surface area (Å²) in [7, 11) is -9.33. The monoisotopic (exact) mass is 333 g/mol. The van der Waals surface area contributed by atoms with Gasteiger partial charge < -0.3 is 10.8 Å². The molecule has 0 bridgehead atoms. The molecule has 0 aromatic heterocycles. The lowest BCUT2D eigenvalue weighted by molar-refractivity contribution is 0.378. The number of hydrogen-bond donors (Lipinski definition) is 6. The fourth-order valence-electron chi connectivity index (χ4n) is 0.829. The lowest BCUT2D eigenvalue weighted by atomic mass is 10.1. The third-order valence-corrected chi connectivity index (χ3v) is 1.37. The van der Waals surface area contributed by atoms with E-state index in [1.54, 1.807) is 12.1 Å². The molecule has 118 valence electrons. The molecular weight excluding hydrogens is 318 g/mol. The fourth-order valence-corrected chi connectivity index (χ4v) is 0.829. The van der Waals surface area contributed by atoms with E-state index in [0.717, 1.165) is 6.42 Å². The van der Waals surface area contributed by atoms with E-state index >= 15 is 0 Å². The molecule has 1 aromatic rings. The number of nitrogens with two attached hydrogens (primary N) is 1. The Morgan fingerprint density at radius 1 is 0.850 bits per heavy atom. The molecule has 0 fully saturated rings. The standard InChI is InChI=1S/C8H11NO.2H2O4S/c9-6-5-7-1-3-8(10)4-2-7;2*1-5(2,3)4/h1-4,10H,5-6,9H2;2*(H2,1,2,3,4). The van der Waals surface area contributed by atoms with Crippen LogP contribution in [0.1, 0.15) is 5.56 Å². The fraction of sp³-hybridized carbons (Fsp3) is 0.250. The quantitative estimate of drug-likeness (QED) is 0.387. The highest BCUT2D eigenvalue weighted by molar-refractivity contribution is 7.80. The van der Waals surface area contributed by atoms with Crippen LogP contribution in [0.25, 0.3) is 0 Å². The topological polar surface area (TPSA) is 195 Å². The Balaban J connectivity index is 0. The minimum absolute atomic E-state index is 0.306. The van der Waals surface area contributed by atoms with Gasteiger partial charge in [-0.05, 0) is 30.7 Å². The number of phenolic OH excluding ortho intramolecular Hbond substituents is 1. The summed E-state index contributed by atoms with van der Waals surface area (Å²) in [6, 6.07) is 7.10. The molecule has 20 heavy (non-hydrogen) atoms. The van der Waals surface area contributed by atoms with Crippen LogP contribution in [0.4, 0.5) is 0 Å². The van der Waals surface area contributed by atoms with Crippen molar-refractivity contribution >= 4 is 20.8 Å². The highest BCUT2D eigenvalue weighted by Gasteiger charge is 1.89. The van der Waals surface area contributed by atoms with E-state index in [0.29, 0.717) is 12.3 Å². The van der Waals surface area contributed by atoms with Crippen LogP contribution < -0.4 is 5.73 Å². The van der Waals surface area contributed by atoms with Crippen molar-refractivity contribution in [2.24, 2.45) is 5.73 Å². The first-order valence-corrected chi connectivity index (χ1v) is 7.50. The number of aromatic hydroxyl groups is 1. The van der Waals surface area contributed by atoms with Crippen LogP contribution in [0, 0.1) is 0 Å². The molecule has 10 nitrogen and oxygen atoms in total. The SMILES string of the molecule is NCCc1ccc(O)cc1.O=S(=O)(O)O.O=S(=O)(O)O. The number of rotatable bonds is 2. The van der Waals surface area contributed by atoms with Crippen LogP contribution in [0.2, 0.25) is 0 Å². The van der Waals surface area contributed by atoms with Crippen molar-refractivity contribution in [3.05, 3.63) is 29.8 Å². The molecule has 0 aliphatic rings. The molecular formula is C8H15NO9S2. The van der Waals surface area contributed by atoms with Gasteiger partial charge in [-0.25, -0.2) is 0 Å². The Kier molecular flexibility index (Phi) is 10.1. The van der Waals surface area contributed by atoms with E-state index < -0.39 is 20.8 Å². The summed E-state index contributed by atoms with van der Waals surface area (Å²) in [4.78, 5) is 0. The third-order valence-electron chi connectivity index (χ3n) is 1.37. The molecule has 0 heterocycles. The second-order valence-corrected chi connectivity index (χ2v) is 4.89. The Bertz CT molecular complexity index is 518. The van der Waals surface area contributed by atoms with Crippen LogP contribution in [-0.2, 0) is 27.2 Å². The van der Waals surface area contributed by atoms with Gasteiger partial charge in [0.15, 0.2) is 0 Å². The summed E-state index contributed by atoms with van der Waals surface area (Å²) in [5.41, 5.74) is 6.50.